The highest BCUT2D eigenvalue weighted by molar-refractivity contribution is 6.07. The fraction of sp³-hybridized carbons (Fsp3) is 0.348. The van der Waals surface area contributed by atoms with E-state index in [4.69, 9.17) is 4.74 Å². The largest absolute Gasteiger partial charge is 0.378 e. The van der Waals surface area contributed by atoms with Crippen molar-refractivity contribution < 1.29 is 9.53 Å². The van der Waals surface area contributed by atoms with Crippen LogP contribution in [0.1, 0.15) is 39.9 Å². The molecule has 1 saturated heterocycles. The second kappa shape index (κ2) is 7.88. The maximum atomic E-state index is 12.5. The van der Waals surface area contributed by atoms with Crippen molar-refractivity contribution in [2.75, 3.05) is 31.2 Å². The molecule has 0 spiro atoms. The number of rotatable bonds is 4. The number of hydrogen-bond acceptors (Lipinski definition) is 3. The normalized spacial score (nSPS) is 17.3. The van der Waals surface area contributed by atoms with Crippen LogP contribution in [0.25, 0.3) is 6.08 Å². The number of benzene rings is 2. The van der Waals surface area contributed by atoms with Crippen LogP contribution in [0.2, 0.25) is 0 Å². The molecule has 0 bridgehead atoms. The zero-order valence-corrected chi connectivity index (χ0v) is 15.1. The van der Waals surface area contributed by atoms with E-state index in [1.807, 2.05) is 12.1 Å². The molecule has 3 nitrogen and oxygen atoms in total. The second-order valence-electron chi connectivity index (χ2n) is 7.08. The number of anilines is 1. The minimum atomic E-state index is 0.0793. The number of nitrogens with zero attached hydrogens (tertiary/aromatic N) is 1. The van der Waals surface area contributed by atoms with Gasteiger partial charge in [0.25, 0.3) is 0 Å². The SMILES string of the molecule is O=C(C=Cc1ccc(N2CCOCC2)cc1)c1ccc2c(c1)CCCC2. The van der Waals surface area contributed by atoms with E-state index in [9.17, 15) is 4.79 Å². The maximum absolute atomic E-state index is 12.5. The first-order valence-electron chi connectivity index (χ1n) is 9.56. The van der Waals surface area contributed by atoms with Crippen LogP contribution >= 0.6 is 0 Å². The van der Waals surface area contributed by atoms with E-state index in [2.05, 4.69) is 41.3 Å². The lowest BCUT2D eigenvalue weighted by Gasteiger charge is -2.28. The number of allylic oxidation sites excluding steroid dienone is 1. The summed E-state index contributed by atoms with van der Waals surface area (Å²) in [6.45, 7) is 3.45. The van der Waals surface area contributed by atoms with Gasteiger partial charge >= 0.3 is 0 Å². The van der Waals surface area contributed by atoms with Crippen molar-refractivity contribution >= 4 is 17.5 Å². The van der Waals surface area contributed by atoms with Crippen molar-refractivity contribution in [1.29, 1.82) is 0 Å². The Morgan fingerprint density at radius 3 is 2.42 bits per heavy atom. The van der Waals surface area contributed by atoms with Gasteiger partial charge in [-0.3, -0.25) is 4.79 Å². The molecule has 0 amide bonds. The van der Waals surface area contributed by atoms with Crippen LogP contribution in [0.5, 0.6) is 0 Å². The third-order valence-electron chi connectivity index (χ3n) is 5.33. The fourth-order valence-corrected chi connectivity index (χ4v) is 3.77. The molecule has 3 heteroatoms. The number of ketones is 1. The average molecular weight is 347 g/mol. The predicted molar refractivity (Wildman–Crippen MR) is 106 cm³/mol. The minimum Gasteiger partial charge on any atom is -0.378 e. The second-order valence-corrected chi connectivity index (χ2v) is 7.08. The summed E-state index contributed by atoms with van der Waals surface area (Å²) < 4.78 is 5.40. The third kappa shape index (κ3) is 3.88. The Labute approximate surface area is 155 Å². The van der Waals surface area contributed by atoms with E-state index < -0.39 is 0 Å². The van der Waals surface area contributed by atoms with Gasteiger partial charge in [0.15, 0.2) is 5.78 Å². The Bertz CT molecular complexity index is 801. The summed E-state index contributed by atoms with van der Waals surface area (Å²) in [6, 6.07) is 14.6. The van der Waals surface area contributed by atoms with Gasteiger partial charge in [-0.05, 0) is 66.6 Å². The molecule has 2 aliphatic rings. The van der Waals surface area contributed by atoms with E-state index >= 15 is 0 Å². The molecule has 1 aliphatic carbocycles. The molecule has 1 aliphatic heterocycles. The first kappa shape index (κ1) is 17.0. The monoisotopic (exact) mass is 347 g/mol. The van der Waals surface area contributed by atoms with Gasteiger partial charge in [0, 0.05) is 24.3 Å². The van der Waals surface area contributed by atoms with Gasteiger partial charge in [-0.15, -0.1) is 0 Å². The summed E-state index contributed by atoms with van der Waals surface area (Å²) in [7, 11) is 0. The number of carbonyl (C=O) groups is 1. The van der Waals surface area contributed by atoms with Crippen molar-refractivity contribution in [2.45, 2.75) is 25.7 Å². The molecule has 0 aromatic heterocycles. The van der Waals surface area contributed by atoms with Gasteiger partial charge in [-0.25, -0.2) is 0 Å². The Morgan fingerprint density at radius 1 is 0.923 bits per heavy atom. The number of ether oxygens (including phenoxy) is 1. The molecule has 1 heterocycles. The van der Waals surface area contributed by atoms with E-state index in [0.717, 1.165) is 50.3 Å². The molecule has 26 heavy (non-hydrogen) atoms. The van der Waals surface area contributed by atoms with Crippen molar-refractivity contribution in [2.24, 2.45) is 0 Å². The number of fused-ring (bicyclic) bond motifs is 1. The average Bonchev–Trinajstić information content (AvgIpc) is 2.72. The Kier molecular flexibility index (Phi) is 5.16. The molecule has 0 radical (unpaired) electrons. The first-order valence-corrected chi connectivity index (χ1v) is 9.56. The van der Waals surface area contributed by atoms with Crippen LogP contribution in [0.15, 0.2) is 48.5 Å². The summed E-state index contributed by atoms with van der Waals surface area (Å²) >= 11 is 0. The highest BCUT2D eigenvalue weighted by Gasteiger charge is 2.12. The van der Waals surface area contributed by atoms with Crippen molar-refractivity contribution in [3.05, 3.63) is 70.8 Å². The Balaban J connectivity index is 1.43. The highest BCUT2D eigenvalue weighted by atomic mass is 16.5. The summed E-state index contributed by atoms with van der Waals surface area (Å²) in [5.74, 6) is 0.0793. The molecule has 134 valence electrons. The van der Waals surface area contributed by atoms with E-state index in [1.54, 1.807) is 6.08 Å². The number of morpholine rings is 1. The fourth-order valence-electron chi connectivity index (χ4n) is 3.77. The molecule has 0 atom stereocenters. The summed E-state index contributed by atoms with van der Waals surface area (Å²) in [5, 5.41) is 0. The zero-order chi connectivity index (χ0) is 17.8. The topological polar surface area (TPSA) is 29.5 Å². The Hall–Kier alpha value is -2.39. The van der Waals surface area contributed by atoms with Crippen LogP contribution in [0.4, 0.5) is 5.69 Å². The molecule has 0 unspecified atom stereocenters. The highest BCUT2D eigenvalue weighted by Crippen LogP contribution is 2.23. The van der Waals surface area contributed by atoms with Crippen LogP contribution in [-0.4, -0.2) is 32.1 Å². The quantitative estimate of drug-likeness (QED) is 0.610. The number of carbonyl (C=O) groups excluding carboxylic acids is 1. The lowest BCUT2D eigenvalue weighted by Crippen LogP contribution is -2.36. The van der Waals surface area contributed by atoms with Gasteiger partial charge in [0.05, 0.1) is 13.2 Å². The van der Waals surface area contributed by atoms with E-state index in [1.165, 1.54) is 29.7 Å². The van der Waals surface area contributed by atoms with Crippen LogP contribution < -0.4 is 4.90 Å². The van der Waals surface area contributed by atoms with Crippen molar-refractivity contribution in [3.8, 4) is 0 Å². The van der Waals surface area contributed by atoms with Gasteiger partial charge in [0.1, 0.15) is 0 Å². The minimum absolute atomic E-state index is 0.0793. The summed E-state index contributed by atoms with van der Waals surface area (Å²) in [5.41, 5.74) is 5.83. The third-order valence-corrected chi connectivity index (χ3v) is 5.33. The molecule has 4 rings (SSSR count). The molecule has 0 N–H and O–H groups in total. The van der Waals surface area contributed by atoms with E-state index in [-0.39, 0.29) is 5.78 Å². The van der Waals surface area contributed by atoms with Gasteiger partial charge in [-0.1, -0.05) is 30.3 Å². The molecule has 1 fully saturated rings. The predicted octanol–water partition coefficient (Wildman–Crippen LogP) is 4.30. The maximum Gasteiger partial charge on any atom is 0.185 e. The van der Waals surface area contributed by atoms with Crippen LogP contribution in [0, 0.1) is 0 Å². The standard InChI is InChI=1S/C23H25NO2/c25-23(21-9-8-19-3-1-2-4-20(19)17-21)12-7-18-5-10-22(11-6-18)24-13-15-26-16-14-24/h5-12,17H,1-4,13-16H2. The smallest absolute Gasteiger partial charge is 0.185 e. The van der Waals surface area contributed by atoms with Gasteiger partial charge in [0.2, 0.25) is 0 Å². The van der Waals surface area contributed by atoms with Crippen molar-refractivity contribution in [1.82, 2.24) is 0 Å². The molecule has 2 aromatic carbocycles. The lowest BCUT2D eigenvalue weighted by atomic mass is 9.90. The molecular weight excluding hydrogens is 322 g/mol. The number of hydrogen-bond donors (Lipinski definition) is 0. The Morgan fingerprint density at radius 2 is 1.65 bits per heavy atom. The summed E-state index contributed by atoms with van der Waals surface area (Å²) in [6.07, 6.45) is 8.34. The van der Waals surface area contributed by atoms with Crippen LogP contribution in [0.3, 0.4) is 0 Å². The summed E-state index contributed by atoms with van der Waals surface area (Å²) in [4.78, 5) is 14.8. The van der Waals surface area contributed by atoms with Crippen molar-refractivity contribution in [3.63, 3.8) is 0 Å². The van der Waals surface area contributed by atoms with E-state index in [0.29, 0.717) is 0 Å². The molecule has 0 saturated carbocycles. The first-order chi connectivity index (χ1) is 12.8. The molecular formula is C23H25NO2. The van der Waals surface area contributed by atoms with Gasteiger partial charge < -0.3 is 9.64 Å². The lowest BCUT2D eigenvalue weighted by molar-refractivity contribution is 0.104. The zero-order valence-electron chi connectivity index (χ0n) is 15.1. The number of aryl methyl sites for hydroxylation is 2. The van der Waals surface area contributed by atoms with Crippen LogP contribution in [-0.2, 0) is 17.6 Å². The molecule has 2 aromatic rings. The van der Waals surface area contributed by atoms with Gasteiger partial charge in [-0.2, -0.15) is 0 Å².